The number of amides is 1. The van der Waals surface area contributed by atoms with E-state index in [1.807, 2.05) is 6.07 Å². The van der Waals surface area contributed by atoms with E-state index in [-0.39, 0.29) is 23.9 Å². The van der Waals surface area contributed by atoms with Gasteiger partial charge in [0.15, 0.2) is 0 Å². The number of rotatable bonds is 7. The van der Waals surface area contributed by atoms with E-state index in [0.29, 0.717) is 30.2 Å². The molecule has 0 bridgehead atoms. The van der Waals surface area contributed by atoms with Crippen molar-refractivity contribution in [1.29, 1.82) is 0 Å². The zero-order chi connectivity index (χ0) is 21.6. The Morgan fingerprint density at radius 3 is 3.00 bits per heavy atom. The van der Waals surface area contributed by atoms with Gasteiger partial charge >= 0.3 is 0 Å². The van der Waals surface area contributed by atoms with Gasteiger partial charge in [-0.2, -0.15) is 0 Å². The number of pyridine rings is 1. The number of ether oxygens (including phenoxy) is 1. The van der Waals surface area contributed by atoms with Crippen LogP contribution in [-0.2, 0) is 4.74 Å². The second kappa shape index (κ2) is 10.00. The Morgan fingerprint density at radius 1 is 1.32 bits per heavy atom. The van der Waals surface area contributed by atoms with E-state index in [9.17, 15) is 9.18 Å². The molecular formula is C23H25FN4O2S. The van der Waals surface area contributed by atoms with Gasteiger partial charge in [0.05, 0.1) is 24.3 Å². The van der Waals surface area contributed by atoms with Crippen molar-refractivity contribution in [3.8, 4) is 0 Å². The van der Waals surface area contributed by atoms with Crippen LogP contribution in [0.2, 0.25) is 0 Å². The molecule has 1 aliphatic heterocycles. The minimum atomic E-state index is -0.356. The van der Waals surface area contributed by atoms with Crippen LogP contribution < -0.4 is 10.6 Å². The first-order valence-electron chi connectivity index (χ1n) is 10.2. The number of nitrogens with one attached hydrogen (secondary N) is 2. The summed E-state index contributed by atoms with van der Waals surface area (Å²) in [4.78, 5) is 20.9. The van der Waals surface area contributed by atoms with Gasteiger partial charge in [-0.05, 0) is 48.7 Å². The number of halogens is 1. The van der Waals surface area contributed by atoms with Crippen LogP contribution in [0.15, 0.2) is 60.1 Å². The van der Waals surface area contributed by atoms with E-state index in [4.69, 9.17) is 4.74 Å². The number of hydrogen-bond acceptors (Lipinski definition) is 6. The summed E-state index contributed by atoms with van der Waals surface area (Å²) in [6.45, 7) is 4.86. The zero-order valence-corrected chi connectivity index (χ0v) is 18.1. The molecule has 1 aliphatic rings. The van der Waals surface area contributed by atoms with Gasteiger partial charge in [-0.3, -0.25) is 9.69 Å². The Labute approximate surface area is 185 Å². The normalized spacial score (nSPS) is 17.8. The predicted molar refractivity (Wildman–Crippen MR) is 120 cm³/mol. The van der Waals surface area contributed by atoms with Crippen molar-refractivity contribution in [1.82, 2.24) is 15.2 Å². The summed E-state index contributed by atoms with van der Waals surface area (Å²) in [6, 6.07) is 13.7. The highest BCUT2D eigenvalue weighted by molar-refractivity contribution is 7.10. The third-order valence-corrected chi connectivity index (χ3v) is 6.15. The van der Waals surface area contributed by atoms with Gasteiger partial charge in [-0.1, -0.05) is 12.1 Å². The average molecular weight is 441 g/mol. The molecule has 1 fully saturated rings. The number of hydrogen-bond donors (Lipinski definition) is 2. The number of aromatic nitrogens is 1. The number of thiophene rings is 1. The predicted octanol–water partition coefficient (Wildman–Crippen LogP) is 4.22. The molecule has 2 atom stereocenters. The fourth-order valence-electron chi connectivity index (χ4n) is 3.69. The molecule has 3 heterocycles. The minimum absolute atomic E-state index is 0.0756. The fourth-order valence-corrected chi connectivity index (χ4v) is 4.56. The van der Waals surface area contributed by atoms with Gasteiger partial charge in [-0.15, -0.1) is 11.3 Å². The maximum atomic E-state index is 13.5. The molecule has 0 spiro atoms. The molecule has 1 aromatic carbocycles. The first-order chi connectivity index (χ1) is 15.1. The molecule has 0 radical (unpaired) electrons. The Hall–Kier alpha value is -2.81. The van der Waals surface area contributed by atoms with Crippen LogP contribution in [0.3, 0.4) is 0 Å². The molecule has 8 heteroatoms. The lowest BCUT2D eigenvalue weighted by molar-refractivity contribution is -0.0336. The number of anilines is 2. The number of benzene rings is 1. The van der Waals surface area contributed by atoms with Crippen molar-refractivity contribution in [3.05, 3.63) is 76.4 Å². The molecule has 4 rings (SSSR count). The van der Waals surface area contributed by atoms with Crippen molar-refractivity contribution in [2.45, 2.75) is 19.1 Å². The first kappa shape index (κ1) is 21.4. The molecule has 6 nitrogen and oxygen atoms in total. The topological polar surface area (TPSA) is 66.5 Å². The molecule has 3 aromatic rings. The summed E-state index contributed by atoms with van der Waals surface area (Å²) in [5.74, 6) is -0.196. The number of carbonyl (C=O) groups is 1. The van der Waals surface area contributed by atoms with Crippen LogP contribution in [0, 0.1) is 5.82 Å². The van der Waals surface area contributed by atoms with E-state index in [1.165, 1.54) is 17.0 Å². The lowest BCUT2D eigenvalue weighted by atomic mass is 10.1. The summed E-state index contributed by atoms with van der Waals surface area (Å²) in [5.41, 5.74) is 0.943. The largest absolute Gasteiger partial charge is 0.376 e. The van der Waals surface area contributed by atoms with Crippen molar-refractivity contribution >= 4 is 28.7 Å². The van der Waals surface area contributed by atoms with Gasteiger partial charge in [0.1, 0.15) is 11.6 Å². The van der Waals surface area contributed by atoms with Crippen LogP contribution >= 0.6 is 11.3 Å². The smallest absolute Gasteiger partial charge is 0.255 e. The van der Waals surface area contributed by atoms with E-state index in [0.717, 1.165) is 13.1 Å². The Bertz CT molecular complexity index is 1010. The SMILES string of the molecule is C[C@@H]1CN([C@H](CNC(=O)c2cccnc2Nc2cccc(F)c2)c2cccs2)CCO1. The molecule has 0 aliphatic carbocycles. The summed E-state index contributed by atoms with van der Waals surface area (Å²) >= 11 is 1.69. The summed E-state index contributed by atoms with van der Waals surface area (Å²) in [6.07, 6.45) is 1.76. The number of carbonyl (C=O) groups excluding carboxylic acids is 1. The van der Waals surface area contributed by atoms with Crippen LogP contribution in [-0.4, -0.2) is 48.1 Å². The monoisotopic (exact) mass is 440 g/mol. The molecule has 162 valence electrons. The van der Waals surface area contributed by atoms with Crippen LogP contribution in [0.25, 0.3) is 0 Å². The highest BCUT2D eigenvalue weighted by Crippen LogP contribution is 2.27. The van der Waals surface area contributed by atoms with Crippen molar-refractivity contribution in [3.63, 3.8) is 0 Å². The molecular weight excluding hydrogens is 415 g/mol. The molecule has 0 saturated carbocycles. The summed E-state index contributed by atoms with van der Waals surface area (Å²) in [5, 5.41) is 8.16. The summed E-state index contributed by atoms with van der Waals surface area (Å²) < 4.78 is 19.2. The Morgan fingerprint density at radius 2 is 2.23 bits per heavy atom. The second-order valence-electron chi connectivity index (χ2n) is 7.45. The van der Waals surface area contributed by atoms with Crippen molar-refractivity contribution < 1.29 is 13.9 Å². The van der Waals surface area contributed by atoms with Crippen molar-refractivity contribution in [2.24, 2.45) is 0 Å². The third-order valence-electron chi connectivity index (χ3n) is 5.18. The van der Waals surface area contributed by atoms with Crippen LogP contribution in [0.1, 0.15) is 28.2 Å². The van der Waals surface area contributed by atoms with Gasteiger partial charge in [0.25, 0.3) is 5.91 Å². The summed E-state index contributed by atoms with van der Waals surface area (Å²) in [7, 11) is 0. The second-order valence-corrected chi connectivity index (χ2v) is 8.43. The van der Waals surface area contributed by atoms with Crippen LogP contribution in [0.4, 0.5) is 15.9 Å². The lowest BCUT2D eigenvalue weighted by Crippen LogP contribution is -2.46. The van der Waals surface area contributed by atoms with E-state index < -0.39 is 0 Å². The molecule has 1 saturated heterocycles. The highest BCUT2D eigenvalue weighted by atomic mass is 32.1. The maximum Gasteiger partial charge on any atom is 0.255 e. The standard InChI is InChI=1S/C23H25FN4O2S/c1-16-15-28(10-11-30-16)20(21-8-4-12-31-21)14-26-23(29)19-7-3-9-25-22(19)27-18-6-2-5-17(24)13-18/h2-9,12-13,16,20H,10-11,14-15H2,1H3,(H,25,27)(H,26,29)/t16-,20-/m1/s1. The highest BCUT2D eigenvalue weighted by Gasteiger charge is 2.27. The van der Waals surface area contributed by atoms with E-state index in [1.54, 1.807) is 41.8 Å². The molecule has 2 N–H and O–H groups in total. The Balaban J connectivity index is 1.48. The molecule has 31 heavy (non-hydrogen) atoms. The number of nitrogens with zero attached hydrogens (tertiary/aromatic N) is 2. The third kappa shape index (κ3) is 5.46. The Kier molecular flexibility index (Phi) is 6.91. The zero-order valence-electron chi connectivity index (χ0n) is 17.3. The minimum Gasteiger partial charge on any atom is -0.376 e. The van der Waals surface area contributed by atoms with Gasteiger partial charge in [0, 0.05) is 36.4 Å². The number of morpholine rings is 1. The average Bonchev–Trinajstić information content (AvgIpc) is 3.29. The van der Waals surface area contributed by atoms with Crippen LogP contribution in [0.5, 0.6) is 0 Å². The quantitative estimate of drug-likeness (QED) is 0.576. The van der Waals surface area contributed by atoms with Crippen molar-refractivity contribution in [2.75, 3.05) is 31.6 Å². The van der Waals surface area contributed by atoms with E-state index >= 15 is 0 Å². The molecule has 1 amide bonds. The molecule has 2 aromatic heterocycles. The van der Waals surface area contributed by atoms with Gasteiger partial charge in [0.2, 0.25) is 0 Å². The van der Waals surface area contributed by atoms with Gasteiger partial charge in [-0.25, -0.2) is 9.37 Å². The fraction of sp³-hybridized carbons (Fsp3) is 0.304. The maximum absolute atomic E-state index is 13.5. The lowest BCUT2D eigenvalue weighted by Gasteiger charge is -2.37. The molecule has 0 unspecified atom stereocenters. The van der Waals surface area contributed by atoms with E-state index in [2.05, 4.69) is 38.9 Å². The first-order valence-corrected chi connectivity index (χ1v) is 11.1. The van der Waals surface area contributed by atoms with Gasteiger partial charge < -0.3 is 15.4 Å².